The zero-order chi connectivity index (χ0) is 9.80. The predicted molar refractivity (Wildman–Crippen MR) is 54.0 cm³/mol. The quantitative estimate of drug-likeness (QED) is 0.786. The van der Waals surface area contributed by atoms with Gasteiger partial charge >= 0.3 is 0 Å². The molecule has 2 atom stereocenters. The largest absolute Gasteiger partial charge is 0.378 e. The number of rotatable bonds is 3. The first-order chi connectivity index (χ1) is 6.86. The zero-order valence-electron chi connectivity index (χ0n) is 8.31. The molecule has 1 aromatic rings. The second-order valence-corrected chi connectivity index (χ2v) is 3.58. The minimum absolute atomic E-state index is 0.353. The van der Waals surface area contributed by atoms with Crippen LogP contribution in [-0.4, -0.2) is 29.2 Å². The molecule has 0 saturated carbocycles. The molecule has 0 aliphatic carbocycles. The summed E-state index contributed by atoms with van der Waals surface area (Å²) in [7, 11) is 0. The lowest BCUT2D eigenvalue weighted by Gasteiger charge is -2.14. The summed E-state index contributed by atoms with van der Waals surface area (Å²) in [6.07, 6.45) is 4.96. The van der Waals surface area contributed by atoms with Crippen LogP contribution in [0.15, 0.2) is 18.5 Å². The molecule has 0 bridgehead atoms. The fourth-order valence-electron chi connectivity index (χ4n) is 1.66. The predicted octanol–water partition coefficient (Wildman–Crippen LogP) is 1.31. The van der Waals surface area contributed by atoms with Gasteiger partial charge in [-0.2, -0.15) is 0 Å². The van der Waals surface area contributed by atoms with Gasteiger partial charge in [-0.05, 0) is 19.4 Å². The van der Waals surface area contributed by atoms with Crippen molar-refractivity contribution in [3.8, 4) is 0 Å². The van der Waals surface area contributed by atoms with Gasteiger partial charge in [-0.15, -0.1) is 0 Å². The smallest absolute Gasteiger partial charge is 0.222 e. The Morgan fingerprint density at radius 3 is 2.93 bits per heavy atom. The molecule has 2 unspecified atom stereocenters. The molecule has 14 heavy (non-hydrogen) atoms. The summed E-state index contributed by atoms with van der Waals surface area (Å²) in [5.41, 5.74) is 0. The van der Waals surface area contributed by atoms with Gasteiger partial charge in [-0.3, -0.25) is 0 Å². The number of anilines is 1. The molecule has 1 aromatic heterocycles. The Labute approximate surface area is 83.7 Å². The van der Waals surface area contributed by atoms with Crippen molar-refractivity contribution in [3.05, 3.63) is 18.5 Å². The highest BCUT2D eigenvalue weighted by Crippen LogP contribution is 2.20. The van der Waals surface area contributed by atoms with E-state index in [2.05, 4.69) is 22.2 Å². The van der Waals surface area contributed by atoms with E-state index in [1.807, 2.05) is 6.07 Å². The molecule has 1 saturated heterocycles. The monoisotopic (exact) mass is 193 g/mol. The van der Waals surface area contributed by atoms with Crippen LogP contribution in [-0.2, 0) is 4.74 Å². The summed E-state index contributed by atoms with van der Waals surface area (Å²) in [6, 6.07) is 1.81. The van der Waals surface area contributed by atoms with Crippen molar-refractivity contribution < 1.29 is 4.74 Å². The topological polar surface area (TPSA) is 47.0 Å². The molecule has 1 N–H and O–H groups in total. The van der Waals surface area contributed by atoms with Gasteiger partial charge in [0, 0.05) is 31.5 Å². The van der Waals surface area contributed by atoms with Gasteiger partial charge in [0.1, 0.15) is 0 Å². The van der Waals surface area contributed by atoms with Crippen molar-refractivity contribution in [2.24, 2.45) is 5.92 Å². The van der Waals surface area contributed by atoms with Crippen LogP contribution >= 0.6 is 0 Å². The number of ether oxygens (including phenoxy) is 1. The molecule has 1 fully saturated rings. The van der Waals surface area contributed by atoms with E-state index in [0.717, 1.165) is 19.6 Å². The summed E-state index contributed by atoms with van der Waals surface area (Å²) >= 11 is 0. The van der Waals surface area contributed by atoms with E-state index >= 15 is 0 Å². The first-order valence-corrected chi connectivity index (χ1v) is 4.99. The molecule has 0 spiro atoms. The maximum Gasteiger partial charge on any atom is 0.222 e. The van der Waals surface area contributed by atoms with E-state index in [0.29, 0.717) is 18.0 Å². The minimum atomic E-state index is 0.353. The third kappa shape index (κ3) is 2.20. The van der Waals surface area contributed by atoms with Gasteiger partial charge in [0.2, 0.25) is 5.95 Å². The highest BCUT2D eigenvalue weighted by molar-refractivity contribution is 5.22. The van der Waals surface area contributed by atoms with Crippen molar-refractivity contribution >= 4 is 5.95 Å². The van der Waals surface area contributed by atoms with Crippen molar-refractivity contribution in [3.63, 3.8) is 0 Å². The van der Waals surface area contributed by atoms with E-state index < -0.39 is 0 Å². The minimum Gasteiger partial charge on any atom is -0.378 e. The first-order valence-electron chi connectivity index (χ1n) is 4.99. The van der Waals surface area contributed by atoms with Gasteiger partial charge < -0.3 is 10.1 Å². The van der Waals surface area contributed by atoms with Crippen molar-refractivity contribution in [2.75, 3.05) is 18.5 Å². The standard InChI is InChI=1S/C10H15N3O/c1-8-9(3-6-14-8)7-13-10-11-4-2-5-12-10/h2,4-5,8-9H,3,6-7H2,1H3,(H,11,12,13). The average molecular weight is 193 g/mol. The van der Waals surface area contributed by atoms with Crippen LogP contribution in [0, 0.1) is 5.92 Å². The van der Waals surface area contributed by atoms with E-state index in [1.54, 1.807) is 12.4 Å². The molecule has 0 amide bonds. The maximum atomic E-state index is 5.47. The Morgan fingerprint density at radius 2 is 2.29 bits per heavy atom. The number of aromatic nitrogens is 2. The lowest BCUT2D eigenvalue weighted by atomic mass is 10.0. The van der Waals surface area contributed by atoms with Gasteiger partial charge in [0.05, 0.1) is 6.10 Å². The van der Waals surface area contributed by atoms with Gasteiger partial charge in [-0.25, -0.2) is 9.97 Å². The molecule has 2 rings (SSSR count). The SMILES string of the molecule is CC1OCCC1CNc1ncccn1. The summed E-state index contributed by atoms with van der Waals surface area (Å²) in [5, 5.41) is 3.21. The van der Waals surface area contributed by atoms with Crippen LogP contribution in [0.4, 0.5) is 5.95 Å². The second-order valence-electron chi connectivity index (χ2n) is 3.58. The van der Waals surface area contributed by atoms with Crippen LogP contribution in [0.2, 0.25) is 0 Å². The van der Waals surface area contributed by atoms with E-state index in [4.69, 9.17) is 4.74 Å². The fraction of sp³-hybridized carbons (Fsp3) is 0.600. The van der Waals surface area contributed by atoms with Crippen LogP contribution < -0.4 is 5.32 Å². The number of hydrogen-bond acceptors (Lipinski definition) is 4. The van der Waals surface area contributed by atoms with Crippen LogP contribution in [0.1, 0.15) is 13.3 Å². The molecule has 76 valence electrons. The normalized spacial score (nSPS) is 26.4. The molecule has 1 aliphatic rings. The van der Waals surface area contributed by atoms with Crippen molar-refractivity contribution in [1.29, 1.82) is 0 Å². The van der Waals surface area contributed by atoms with Crippen LogP contribution in [0.25, 0.3) is 0 Å². The molecule has 1 aliphatic heterocycles. The summed E-state index contributed by atoms with van der Waals surface area (Å²) < 4.78 is 5.47. The van der Waals surface area contributed by atoms with Crippen molar-refractivity contribution in [2.45, 2.75) is 19.4 Å². The molecular weight excluding hydrogens is 178 g/mol. The highest BCUT2D eigenvalue weighted by atomic mass is 16.5. The maximum absolute atomic E-state index is 5.47. The van der Waals surface area contributed by atoms with E-state index in [-0.39, 0.29) is 0 Å². The lowest BCUT2D eigenvalue weighted by Crippen LogP contribution is -2.21. The number of nitrogens with zero attached hydrogens (tertiary/aromatic N) is 2. The summed E-state index contributed by atoms with van der Waals surface area (Å²) in [6.45, 7) is 3.89. The Bertz CT molecular complexity index is 278. The van der Waals surface area contributed by atoms with E-state index in [9.17, 15) is 0 Å². The lowest BCUT2D eigenvalue weighted by molar-refractivity contribution is 0.108. The fourth-order valence-corrected chi connectivity index (χ4v) is 1.66. The number of nitrogens with one attached hydrogen (secondary N) is 1. The first kappa shape index (κ1) is 9.40. The third-order valence-corrected chi connectivity index (χ3v) is 2.62. The second kappa shape index (κ2) is 4.37. The molecular formula is C10H15N3O. The van der Waals surface area contributed by atoms with Gasteiger partial charge in [0.25, 0.3) is 0 Å². The summed E-state index contributed by atoms with van der Waals surface area (Å²) in [4.78, 5) is 8.20. The Balaban J connectivity index is 1.82. The zero-order valence-corrected chi connectivity index (χ0v) is 8.31. The highest BCUT2D eigenvalue weighted by Gasteiger charge is 2.23. The molecule has 4 heteroatoms. The molecule has 0 aromatic carbocycles. The van der Waals surface area contributed by atoms with Gasteiger partial charge in [0.15, 0.2) is 0 Å². The summed E-state index contributed by atoms with van der Waals surface area (Å²) in [5.74, 6) is 1.28. The van der Waals surface area contributed by atoms with Gasteiger partial charge in [-0.1, -0.05) is 0 Å². The molecule has 4 nitrogen and oxygen atoms in total. The van der Waals surface area contributed by atoms with Crippen LogP contribution in [0.3, 0.4) is 0 Å². The third-order valence-electron chi connectivity index (χ3n) is 2.62. The van der Waals surface area contributed by atoms with Crippen LogP contribution in [0.5, 0.6) is 0 Å². The Hall–Kier alpha value is -1.16. The van der Waals surface area contributed by atoms with Crippen molar-refractivity contribution in [1.82, 2.24) is 9.97 Å². The Morgan fingerprint density at radius 1 is 1.50 bits per heavy atom. The molecule has 2 heterocycles. The average Bonchev–Trinajstić information content (AvgIpc) is 2.63. The Kier molecular flexibility index (Phi) is 2.93. The van der Waals surface area contributed by atoms with E-state index in [1.165, 1.54) is 0 Å². The number of hydrogen-bond donors (Lipinski definition) is 1. The molecule has 0 radical (unpaired) electrons.